The summed E-state index contributed by atoms with van der Waals surface area (Å²) in [6, 6.07) is 121. The van der Waals surface area contributed by atoms with Gasteiger partial charge >= 0.3 is 7.12 Å². The molecule has 22 rings (SSSR count). The molecule has 19 aromatic rings. The molecule has 0 N–H and O–H groups in total. The van der Waals surface area contributed by atoms with Crippen LogP contribution in [0.25, 0.3) is 174 Å². The van der Waals surface area contributed by atoms with Crippen molar-refractivity contribution in [3.63, 3.8) is 0 Å². The van der Waals surface area contributed by atoms with Crippen molar-refractivity contribution in [2.75, 3.05) is 0 Å². The minimum Gasteiger partial charge on any atom is -0.399 e. The van der Waals surface area contributed by atoms with E-state index in [2.05, 4.69) is 399 Å². The molecule has 0 saturated carbocycles. The molecule has 0 radical (unpaired) electrons. The van der Waals surface area contributed by atoms with Crippen molar-refractivity contribution in [1.29, 1.82) is 0 Å². The van der Waals surface area contributed by atoms with E-state index in [4.69, 9.17) is 9.31 Å². The van der Waals surface area contributed by atoms with Gasteiger partial charge in [0.05, 0.1) is 11.2 Å². The van der Waals surface area contributed by atoms with Gasteiger partial charge in [0.1, 0.15) is 0 Å². The topological polar surface area (TPSA) is 18.5 Å². The fourth-order valence-corrected chi connectivity index (χ4v) is 19.1. The number of benzene rings is 19. The van der Waals surface area contributed by atoms with Crippen LogP contribution in [0.1, 0.15) is 77.6 Å². The molecule has 0 unspecified atom stereocenters. The van der Waals surface area contributed by atoms with Crippen molar-refractivity contribution in [2.45, 2.75) is 77.4 Å². The lowest BCUT2D eigenvalue weighted by Crippen LogP contribution is -2.41. The Balaban J connectivity index is 0.000000135. The third-order valence-electron chi connectivity index (χ3n) is 24.8. The normalized spacial score (nSPS) is 14.9. The Morgan fingerprint density at radius 3 is 0.889 bits per heavy atom. The zero-order valence-electron chi connectivity index (χ0n) is 61.9. The highest BCUT2D eigenvalue weighted by atomic mass is 79.9. The first-order chi connectivity index (χ1) is 52.5. The molecule has 516 valence electrons. The maximum absolute atomic E-state index is 6.28. The van der Waals surface area contributed by atoms with E-state index in [0.717, 1.165) is 9.94 Å². The molecule has 2 nitrogen and oxygen atoms in total. The minimum absolute atomic E-state index is 0.0962. The Kier molecular flexibility index (Phi) is 15.1. The molecule has 1 fully saturated rings. The van der Waals surface area contributed by atoms with Crippen LogP contribution in [0.4, 0.5) is 0 Å². The van der Waals surface area contributed by atoms with Gasteiger partial charge in [0, 0.05) is 15.3 Å². The Labute approximate surface area is 639 Å². The first-order valence-electron chi connectivity index (χ1n) is 38.0. The summed E-state index contributed by atoms with van der Waals surface area (Å²) in [5.74, 6) is 0. The van der Waals surface area contributed by atoms with Crippen molar-refractivity contribution < 1.29 is 9.31 Å². The summed E-state index contributed by atoms with van der Waals surface area (Å²) in [4.78, 5) is 0. The fraction of sp³-hybridized carbons (Fsp3) is 0.115. The van der Waals surface area contributed by atoms with Crippen LogP contribution in [0.5, 0.6) is 0 Å². The lowest BCUT2D eigenvalue weighted by molar-refractivity contribution is 0.00578. The molecular weight excluding hydrogens is 1370 g/mol. The Hall–Kier alpha value is -11.5. The van der Waals surface area contributed by atoms with Crippen LogP contribution in [-0.2, 0) is 20.1 Å². The monoisotopic (exact) mass is 1450 g/mol. The van der Waals surface area contributed by atoms with E-state index >= 15 is 0 Å². The van der Waals surface area contributed by atoms with Gasteiger partial charge in [-0.2, -0.15) is 0 Å². The Bertz CT molecular complexity index is 6910. The molecule has 2 aliphatic carbocycles. The molecule has 19 aromatic carbocycles. The highest BCUT2D eigenvalue weighted by molar-refractivity contribution is 9.10. The zero-order chi connectivity index (χ0) is 73.1. The third kappa shape index (κ3) is 10.2. The summed E-state index contributed by atoms with van der Waals surface area (Å²) in [5.41, 5.74) is 18.7. The SMILES string of the molecule is Brc1ccc2c3ccccc3c3ccccc3c2c1.CC1(C)OB(c2ccc3c4ccccc4c4ccccc4c3c2)OC1(C)C.CC1(C)c2ccccc2-c2ccc(-c3c4ccccc4c(-c4ccc5c(c4)C(C)(C)c4ccccc4-5)c4cc(-c5ccc6c7ccccc7c7ccccc7c6c5)ccc34)cc21. The standard InChI is InChI=1S/C62H44.C24H23BO2.C18H11Br/c1-61(2)55-23-13-11-19-46(55)48-30-27-39(35-57(48)61)59-50-21-9-10-22-51(50)60(40-28-31-49-47-20-12-14-24-56(47)62(3,4)58(49)36-40)54-34-38(26-32-52(54)59)37-25-29-45-43-17-6-5-15-41(43)42-16-7-8-18-44(42)53(45)33-37;1-23(2)24(3,4)27-25(26-23)16-13-14-21-19-11-6-5-9-17(19)18-10-7-8-12-20(18)22(21)15-16;19-12-9-10-17-15-7-2-1-5-13(15)14-6-3-4-8-16(14)18(17)11-12/h5-36H,1-4H3;5-15H,1-4H3;1-11H. The van der Waals surface area contributed by atoms with Gasteiger partial charge in [-0.3, -0.25) is 0 Å². The third-order valence-corrected chi connectivity index (χ3v) is 25.3. The lowest BCUT2D eigenvalue weighted by Gasteiger charge is -2.32. The van der Waals surface area contributed by atoms with Gasteiger partial charge in [-0.25, -0.2) is 0 Å². The van der Waals surface area contributed by atoms with Crippen molar-refractivity contribution >= 4 is 147 Å². The molecule has 0 spiro atoms. The van der Waals surface area contributed by atoms with Crippen molar-refractivity contribution in [3.05, 3.63) is 354 Å². The predicted molar refractivity (Wildman–Crippen MR) is 467 cm³/mol. The number of halogens is 1. The second-order valence-electron chi connectivity index (χ2n) is 32.0. The van der Waals surface area contributed by atoms with Crippen molar-refractivity contribution in [1.82, 2.24) is 0 Å². The molecule has 1 saturated heterocycles. The summed E-state index contributed by atoms with van der Waals surface area (Å²) in [6.07, 6.45) is 0. The minimum atomic E-state index is -0.343. The highest BCUT2D eigenvalue weighted by Crippen LogP contribution is 2.55. The second kappa shape index (κ2) is 24.8. The summed E-state index contributed by atoms with van der Waals surface area (Å²) in [6.45, 7) is 17.9. The number of hydrogen-bond acceptors (Lipinski definition) is 2. The van der Waals surface area contributed by atoms with Crippen LogP contribution in [0.2, 0.25) is 0 Å². The van der Waals surface area contributed by atoms with E-state index in [-0.39, 0.29) is 29.2 Å². The molecule has 0 aromatic heterocycles. The highest BCUT2D eigenvalue weighted by Gasteiger charge is 2.52. The largest absolute Gasteiger partial charge is 0.494 e. The molecule has 0 atom stereocenters. The van der Waals surface area contributed by atoms with E-state index in [1.807, 2.05) is 0 Å². The molecule has 0 bridgehead atoms. The van der Waals surface area contributed by atoms with E-state index in [0.29, 0.717) is 0 Å². The maximum Gasteiger partial charge on any atom is 0.494 e. The van der Waals surface area contributed by atoms with E-state index in [1.165, 1.54) is 196 Å². The van der Waals surface area contributed by atoms with E-state index in [1.54, 1.807) is 0 Å². The Morgan fingerprint density at radius 1 is 0.213 bits per heavy atom. The number of fused-ring (bicyclic) bond motifs is 26. The van der Waals surface area contributed by atoms with Crippen LogP contribution in [0, 0.1) is 0 Å². The van der Waals surface area contributed by atoms with Gasteiger partial charge in [-0.1, -0.05) is 335 Å². The Morgan fingerprint density at radius 2 is 0.481 bits per heavy atom. The average molecular weight is 1450 g/mol. The predicted octanol–water partition coefficient (Wildman–Crippen LogP) is 28.4. The van der Waals surface area contributed by atoms with Gasteiger partial charge in [0.2, 0.25) is 0 Å². The van der Waals surface area contributed by atoms with Crippen molar-refractivity contribution in [3.8, 4) is 55.6 Å². The first-order valence-corrected chi connectivity index (χ1v) is 38.8. The first kappa shape index (κ1) is 66.0. The van der Waals surface area contributed by atoms with Crippen LogP contribution >= 0.6 is 15.9 Å². The molecular formula is C104H78BBrO2. The van der Waals surface area contributed by atoms with Gasteiger partial charge in [0.15, 0.2) is 0 Å². The van der Waals surface area contributed by atoms with Gasteiger partial charge in [0.25, 0.3) is 0 Å². The van der Waals surface area contributed by atoms with E-state index < -0.39 is 0 Å². The second-order valence-corrected chi connectivity index (χ2v) is 33.0. The number of rotatable bonds is 4. The number of hydrogen-bond donors (Lipinski definition) is 0. The maximum atomic E-state index is 6.28. The van der Waals surface area contributed by atoms with Gasteiger partial charge in [-0.15, -0.1) is 0 Å². The van der Waals surface area contributed by atoms with Gasteiger partial charge < -0.3 is 9.31 Å². The lowest BCUT2D eigenvalue weighted by atomic mass is 9.77. The molecule has 4 heteroatoms. The van der Waals surface area contributed by atoms with Crippen molar-refractivity contribution in [2.24, 2.45) is 0 Å². The average Bonchev–Trinajstić information content (AvgIpc) is 1.25. The molecule has 1 heterocycles. The fourth-order valence-electron chi connectivity index (χ4n) is 18.7. The molecule has 1 aliphatic heterocycles. The summed E-state index contributed by atoms with van der Waals surface area (Å²) < 4.78 is 13.7. The quantitative estimate of drug-likeness (QED) is 0.0993. The van der Waals surface area contributed by atoms with Crippen LogP contribution in [0.3, 0.4) is 0 Å². The van der Waals surface area contributed by atoms with Crippen LogP contribution in [0.15, 0.2) is 332 Å². The van der Waals surface area contributed by atoms with Crippen LogP contribution < -0.4 is 5.46 Å². The summed E-state index contributed by atoms with van der Waals surface area (Å²) >= 11 is 3.58. The van der Waals surface area contributed by atoms with Crippen LogP contribution in [-0.4, -0.2) is 18.3 Å². The molecule has 3 aliphatic rings. The van der Waals surface area contributed by atoms with E-state index in [9.17, 15) is 0 Å². The molecule has 108 heavy (non-hydrogen) atoms. The smallest absolute Gasteiger partial charge is 0.399 e. The zero-order valence-corrected chi connectivity index (χ0v) is 63.5. The summed E-state index contributed by atoms with van der Waals surface area (Å²) in [5, 5.41) is 28.4. The molecule has 0 amide bonds. The van der Waals surface area contributed by atoms with Gasteiger partial charge in [-0.05, 0) is 266 Å². The summed E-state index contributed by atoms with van der Waals surface area (Å²) in [7, 11) is -0.343.